The highest BCUT2D eigenvalue weighted by Gasteiger charge is 2.20. The Labute approximate surface area is 110 Å². The van der Waals surface area contributed by atoms with Crippen molar-refractivity contribution in [2.24, 2.45) is 11.8 Å². The summed E-state index contributed by atoms with van der Waals surface area (Å²) in [6.07, 6.45) is 3.76. The van der Waals surface area contributed by atoms with Crippen LogP contribution in [-0.2, 0) is 6.42 Å². The van der Waals surface area contributed by atoms with Crippen LogP contribution in [0.2, 0.25) is 0 Å². The lowest BCUT2D eigenvalue weighted by molar-refractivity contribution is 0.235. The van der Waals surface area contributed by atoms with E-state index >= 15 is 0 Å². The zero-order chi connectivity index (χ0) is 13.0. The van der Waals surface area contributed by atoms with E-state index in [4.69, 9.17) is 0 Å². The van der Waals surface area contributed by atoms with Gasteiger partial charge in [-0.3, -0.25) is 0 Å². The van der Waals surface area contributed by atoms with Gasteiger partial charge in [-0.15, -0.1) is 0 Å². The molecular weight excluding hydrogens is 225 g/mol. The van der Waals surface area contributed by atoms with E-state index < -0.39 is 0 Å². The Morgan fingerprint density at radius 2 is 1.72 bits per heavy atom. The van der Waals surface area contributed by atoms with Crippen LogP contribution in [0.1, 0.15) is 32.3 Å². The standard InChI is InChI=1S/C16H24FN/c1-13(2)15(12-18-9-3-4-10-18)11-14-5-7-16(17)8-6-14/h5-8,13,15H,3-4,9-12H2,1-2H3. The first-order valence-electron chi connectivity index (χ1n) is 7.12. The molecule has 0 bridgehead atoms. The third kappa shape index (κ3) is 3.81. The van der Waals surface area contributed by atoms with Crippen LogP contribution in [0.3, 0.4) is 0 Å². The van der Waals surface area contributed by atoms with Crippen molar-refractivity contribution >= 4 is 0 Å². The summed E-state index contributed by atoms with van der Waals surface area (Å²) >= 11 is 0. The van der Waals surface area contributed by atoms with Crippen molar-refractivity contribution in [2.45, 2.75) is 33.1 Å². The summed E-state index contributed by atoms with van der Waals surface area (Å²) in [4.78, 5) is 2.58. The average molecular weight is 249 g/mol. The minimum absolute atomic E-state index is 0.139. The van der Waals surface area contributed by atoms with Gasteiger partial charge in [0.05, 0.1) is 0 Å². The normalized spacial score (nSPS) is 18.4. The summed E-state index contributed by atoms with van der Waals surface area (Å²) in [6, 6.07) is 6.99. The monoisotopic (exact) mass is 249 g/mol. The number of likely N-dealkylation sites (tertiary alicyclic amines) is 1. The highest BCUT2D eigenvalue weighted by Crippen LogP contribution is 2.21. The van der Waals surface area contributed by atoms with Gasteiger partial charge in [-0.25, -0.2) is 4.39 Å². The largest absolute Gasteiger partial charge is 0.303 e. The number of hydrogen-bond acceptors (Lipinski definition) is 1. The molecule has 1 aliphatic heterocycles. The molecule has 0 aromatic heterocycles. The van der Waals surface area contributed by atoms with Crippen molar-refractivity contribution in [1.82, 2.24) is 4.90 Å². The molecule has 18 heavy (non-hydrogen) atoms. The van der Waals surface area contributed by atoms with E-state index in [1.54, 1.807) is 12.1 Å². The average Bonchev–Trinajstić information content (AvgIpc) is 2.84. The summed E-state index contributed by atoms with van der Waals surface area (Å²) in [6.45, 7) is 8.29. The molecular formula is C16H24FN. The first-order valence-corrected chi connectivity index (χ1v) is 7.12. The highest BCUT2D eigenvalue weighted by molar-refractivity contribution is 5.16. The third-order valence-electron chi connectivity index (χ3n) is 4.05. The Bertz CT molecular complexity index is 352. The van der Waals surface area contributed by atoms with E-state index in [1.165, 1.54) is 38.0 Å². The third-order valence-corrected chi connectivity index (χ3v) is 4.05. The first-order chi connectivity index (χ1) is 8.65. The Kier molecular flexibility index (Phi) is 4.76. The fourth-order valence-electron chi connectivity index (χ4n) is 2.73. The lowest BCUT2D eigenvalue weighted by atomic mass is 9.89. The van der Waals surface area contributed by atoms with Crippen LogP contribution < -0.4 is 0 Å². The SMILES string of the molecule is CC(C)C(Cc1ccc(F)cc1)CN1CCCC1. The van der Waals surface area contributed by atoms with Crippen molar-refractivity contribution in [1.29, 1.82) is 0 Å². The molecule has 0 saturated carbocycles. The van der Waals surface area contributed by atoms with Crippen LogP contribution in [0.25, 0.3) is 0 Å². The van der Waals surface area contributed by atoms with Gasteiger partial charge in [-0.05, 0) is 61.9 Å². The van der Waals surface area contributed by atoms with Gasteiger partial charge >= 0.3 is 0 Å². The van der Waals surface area contributed by atoms with Gasteiger partial charge in [0.25, 0.3) is 0 Å². The van der Waals surface area contributed by atoms with Crippen molar-refractivity contribution in [3.63, 3.8) is 0 Å². The summed E-state index contributed by atoms with van der Waals surface area (Å²) in [5.74, 6) is 1.21. The molecule has 2 heteroatoms. The van der Waals surface area contributed by atoms with Gasteiger partial charge < -0.3 is 4.90 Å². The fraction of sp³-hybridized carbons (Fsp3) is 0.625. The smallest absolute Gasteiger partial charge is 0.123 e. The molecule has 1 fully saturated rings. The molecule has 1 unspecified atom stereocenters. The van der Waals surface area contributed by atoms with Crippen LogP contribution in [0.4, 0.5) is 4.39 Å². The topological polar surface area (TPSA) is 3.24 Å². The Balaban J connectivity index is 1.94. The number of halogens is 1. The molecule has 0 radical (unpaired) electrons. The summed E-state index contributed by atoms with van der Waals surface area (Å²) in [5, 5.41) is 0. The summed E-state index contributed by atoms with van der Waals surface area (Å²) < 4.78 is 12.9. The predicted octanol–water partition coefficient (Wildman–Crippen LogP) is 3.74. The number of hydrogen-bond donors (Lipinski definition) is 0. The van der Waals surface area contributed by atoms with E-state index in [0.717, 1.165) is 6.42 Å². The van der Waals surface area contributed by atoms with Crippen molar-refractivity contribution in [3.8, 4) is 0 Å². The highest BCUT2D eigenvalue weighted by atomic mass is 19.1. The number of rotatable bonds is 5. The maximum absolute atomic E-state index is 12.9. The zero-order valence-electron chi connectivity index (χ0n) is 11.5. The lowest BCUT2D eigenvalue weighted by Crippen LogP contribution is -2.30. The molecule has 1 saturated heterocycles. The molecule has 1 heterocycles. The van der Waals surface area contributed by atoms with Crippen LogP contribution in [0, 0.1) is 17.7 Å². The molecule has 0 N–H and O–H groups in total. The molecule has 2 rings (SSSR count). The van der Waals surface area contributed by atoms with E-state index in [2.05, 4.69) is 18.7 Å². The lowest BCUT2D eigenvalue weighted by Gasteiger charge is -2.26. The number of nitrogens with zero attached hydrogens (tertiary/aromatic N) is 1. The van der Waals surface area contributed by atoms with Gasteiger partial charge in [-0.2, -0.15) is 0 Å². The quantitative estimate of drug-likeness (QED) is 0.768. The van der Waals surface area contributed by atoms with Crippen LogP contribution in [0.15, 0.2) is 24.3 Å². The van der Waals surface area contributed by atoms with E-state index in [9.17, 15) is 4.39 Å². The van der Waals surface area contributed by atoms with Crippen molar-refractivity contribution in [3.05, 3.63) is 35.6 Å². The van der Waals surface area contributed by atoms with Gasteiger partial charge in [0, 0.05) is 6.54 Å². The molecule has 1 aliphatic rings. The van der Waals surface area contributed by atoms with E-state index in [-0.39, 0.29) is 5.82 Å². The molecule has 1 atom stereocenters. The minimum Gasteiger partial charge on any atom is -0.303 e. The van der Waals surface area contributed by atoms with Crippen LogP contribution in [0.5, 0.6) is 0 Å². The van der Waals surface area contributed by atoms with Crippen molar-refractivity contribution in [2.75, 3.05) is 19.6 Å². The van der Waals surface area contributed by atoms with Crippen molar-refractivity contribution < 1.29 is 4.39 Å². The predicted molar refractivity (Wildman–Crippen MR) is 74.1 cm³/mol. The number of benzene rings is 1. The van der Waals surface area contributed by atoms with Gasteiger partial charge in [0.1, 0.15) is 5.82 Å². The molecule has 1 aromatic rings. The second-order valence-corrected chi connectivity index (χ2v) is 5.84. The summed E-state index contributed by atoms with van der Waals surface area (Å²) in [5.41, 5.74) is 1.26. The molecule has 1 nitrogen and oxygen atoms in total. The first kappa shape index (κ1) is 13.5. The second kappa shape index (κ2) is 6.33. The molecule has 0 spiro atoms. The maximum Gasteiger partial charge on any atom is 0.123 e. The Hall–Kier alpha value is -0.890. The van der Waals surface area contributed by atoms with Gasteiger partial charge in [0.2, 0.25) is 0 Å². The Morgan fingerprint density at radius 3 is 2.28 bits per heavy atom. The van der Waals surface area contributed by atoms with E-state index in [1.807, 2.05) is 12.1 Å². The van der Waals surface area contributed by atoms with Gasteiger partial charge in [0.15, 0.2) is 0 Å². The van der Waals surface area contributed by atoms with E-state index in [0.29, 0.717) is 11.8 Å². The Morgan fingerprint density at radius 1 is 1.11 bits per heavy atom. The molecule has 0 amide bonds. The molecule has 0 aliphatic carbocycles. The summed E-state index contributed by atoms with van der Waals surface area (Å²) in [7, 11) is 0. The van der Waals surface area contributed by atoms with Gasteiger partial charge in [-0.1, -0.05) is 26.0 Å². The minimum atomic E-state index is -0.139. The zero-order valence-corrected chi connectivity index (χ0v) is 11.5. The van der Waals surface area contributed by atoms with Crippen LogP contribution >= 0.6 is 0 Å². The maximum atomic E-state index is 12.9. The molecule has 100 valence electrons. The fourth-order valence-corrected chi connectivity index (χ4v) is 2.73. The molecule has 1 aromatic carbocycles. The van der Waals surface area contributed by atoms with Crippen LogP contribution in [-0.4, -0.2) is 24.5 Å². The second-order valence-electron chi connectivity index (χ2n) is 5.84.